The Morgan fingerprint density at radius 1 is 1.40 bits per heavy atom. The van der Waals surface area contributed by atoms with Crippen LogP contribution in [-0.2, 0) is 9.53 Å². The standard InChI is InChI=1S/C15H31N3O2/c1-13(2)18(3)11-5-8-17-14(19)15(12-20-4)6-9-16-10-7-15/h13,16H,5-12H2,1-4H3,(H,17,19). The second kappa shape index (κ2) is 8.60. The molecule has 1 amide bonds. The molecule has 0 atom stereocenters. The number of nitrogens with zero attached hydrogens (tertiary/aromatic N) is 1. The minimum atomic E-state index is -0.329. The molecular formula is C15H31N3O2. The summed E-state index contributed by atoms with van der Waals surface area (Å²) in [5.74, 6) is 0.160. The number of hydrogen-bond donors (Lipinski definition) is 2. The van der Waals surface area contributed by atoms with Gasteiger partial charge in [0.1, 0.15) is 0 Å². The van der Waals surface area contributed by atoms with E-state index in [4.69, 9.17) is 4.74 Å². The largest absolute Gasteiger partial charge is 0.384 e. The first-order chi connectivity index (χ1) is 9.52. The van der Waals surface area contributed by atoms with E-state index < -0.39 is 0 Å². The molecule has 0 bridgehead atoms. The van der Waals surface area contributed by atoms with Crippen molar-refractivity contribution in [1.82, 2.24) is 15.5 Å². The van der Waals surface area contributed by atoms with Crippen LogP contribution >= 0.6 is 0 Å². The third kappa shape index (κ3) is 5.04. The van der Waals surface area contributed by atoms with E-state index in [1.165, 1.54) is 0 Å². The molecule has 1 rings (SSSR count). The minimum absolute atomic E-state index is 0.160. The van der Waals surface area contributed by atoms with Gasteiger partial charge in [0.05, 0.1) is 12.0 Å². The Bertz CT molecular complexity index is 283. The average molecular weight is 285 g/mol. The van der Waals surface area contributed by atoms with Gasteiger partial charge < -0.3 is 20.3 Å². The van der Waals surface area contributed by atoms with Crippen LogP contribution in [0.5, 0.6) is 0 Å². The van der Waals surface area contributed by atoms with Gasteiger partial charge in [-0.05, 0) is 59.8 Å². The van der Waals surface area contributed by atoms with E-state index in [1.54, 1.807) is 7.11 Å². The van der Waals surface area contributed by atoms with Crippen molar-refractivity contribution in [2.24, 2.45) is 5.41 Å². The van der Waals surface area contributed by atoms with E-state index in [2.05, 4.69) is 36.4 Å². The van der Waals surface area contributed by atoms with Gasteiger partial charge in [-0.2, -0.15) is 0 Å². The van der Waals surface area contributed by atoms with E-state index in [9.17, 15) is 4.79 Å². The fraction of sp³-hybridized carbons (Fsp3) is 0.933. The van der Waals surface area contributed by atoms with Crippen molar-refractivity contribution in [3.05, 3.63) is 0 Å². The monoisotopic (exact) mass is 285 g/mol. The Hall–Kier alpha value is -0.650. The predicted molar refractivity (Wildman–Crippen MR) is 81.8 cm³/mol. The third-order valence-electron chi connectivity index (χ3n) is 4.32. The summed E-state index contributed by atoms with van der Waals surface area (Å²) in [6.07, 6.45) is 2.71. The normalized spacial score (nSPS) is 18.5. The van der Waals surface area contributed by atoms with Crippen LogP contribution in [0.4, 0.5) is 0 Å². The average Bonchev–Trinajstić information content (AvgIpc) is 2.44. The molecule has 0 spiro atoms. The van der Waals surface area contributed by atoms with Crippen molar-refractivity contribution in [1.29, 1.82) is 0 Å². The molecule has 0 aromatic heterocycles. The number of hydrogen-bond acceptors (Lipinski definition) is 4. The molecule has 5 nitrogen and oxygen atoms in total. The highest BCUT2D eigenvalue weighted by Crippen LogP contribution is 2.29. The van der Waals surface area contributed by atoms with Gasteiger partial charge in [-0.15, -0.1) is 0 Å². The predicted octanol–water partition coefficient (Wildman–Crippen LogP) is 0.849. The van der Waals surface area contributed by atoms with Crippen LogP contribution in [0.3, 0.4) is 0 Å². The van der Waals surface area contributed by atoms with Crippen molar-refractivity contribution in [2.75, 3.05) is 46.9 Å². The molecule has 118 valence electrons. The summed E-state index contributed by atoms with van der Waals surface area (Å²) < 4.78 is 5.28. The lowest BCUT2D eigenvalue weighted by molar-refractivity contribution is -0.136. The Labute approximate surface area is 123 Å². The number of piperidine rings is 1. The number of carbonyl (C=O) groups is 1. The fourth-order valence-electron chi connectivity index (χ4n) is 2.59. The van der Waals surface area contributed by atoms with Crippen LogP contribution in [0.1, 0.15) is 33.1 Å². The number of methoxy groups -OCH3 is 1. The molecule has 1 aliphatic heterocycles. The zero-order chi connectivity index (χ0) is 15.0. The molecule has 1 saturated heterocycles. The highest BCUT2D eigenvalue weighted by Gasteiger charge is 2.39. The quantitative estimate of drug-likeness (QED) is 0.649. The minimum Gasteiger partial charge on any atom is -0.384 e. The fourth-order valence-corrected chi connectivity index (χ4v) is 2.59. The first-order valence-electron chi connectivity index (χ1n) is 7.70. The maximum Gasteiger partial charge on any atom is 0.228 e. The Kier molecular flexibility index (Phi) is 7.48. The van der Waals surface area contributed by atoms with E-state index >= 15 is 0 Å². The Morgan fingerprint density at radius 3 is 2.60 bits per heavy atom. The van der Waals surface area contributed by atoms with Crippen LogP contribution in [0, 0.1) is 5.41 Å². The highest BCUT2D eigenvalue weighted by atomic mass is 16.5. The zero-order valence-corrected chi connectivity index (χ0v) is 13.5. The van der Waals surface area contributed by atoms with Gasteiger partial charge in [0.2, 0.25) is 5.91 Å². The molecule has 1 fully saturated rings. The summed E-state index contributed by atoms with van der Waals surface area (Å²) in [6, 6.07) is 0.551. The molecule has 0 radical (unpaired) electrons. The Balaban J connectivity index is 2.35. The topological polar surface area (TPSA) is 53.6 Å². The molecule has 1 aliphatic rings. The van der Waals surface area contributed by atoms with Gasteiger partial charge >= 0.3 is 0 Å². The van der Waals surface area contributed by atoms with E-state index in [0.29, 0.717) is 12.6 Å². The first-order valence-corrected chi connectivity index (χ1v) is 7.70. The molecule has 20 heavy (non-hydrogen) atoms. The van der Waals surface area contributed by atoms with Gasteiger partial charge in [-0.1, -0.05) is 0 Å². The maximum absolute atomic E-state index is 12.5. The lowest BCUT2D eigenvalue weighted by Crippen LogP contribution is -2.50. The highest BCUT2D eigenvalue weighted by molar-refractivity contribution is 5.82. The molecule has 0 aromatic rings. The molecule has 1 heterocycles. The molecule has 5 heteroatoms. The number of amides is 1. The summed E-state index contributed by atoms with van der Waals surface area (Å²) in [5.41, 5.74) is -0.329. The Morgan fingerprint density at radius 2 is 2.05 bits per heavy atom. The summed E-state index contributed by atoms with van der Waals surface area (Å²) >= 11 is 0. The van der Waals surface area contributed by atoms with Gasteiger partial charge in [0.25, 0.3) is 0 Å². The summed E-state index contributed by atoms with van der Waals surface area (Å²) in [4.78, 5) is 14.7. The van der Waals surface area contributed by atoms with Gasteiger partial charge in [0.15, 0.2) is 0 Å². The molecule has 0 aromatic carbocycles. The first kappa shape index (κ1) is 17.4. The second-order valence-electron chi connectivity index (χ2n) is 6.15. The number of carbonyl (C=O) groups excluding carboxylic acids is 1. The SMILES string of the molecule is COCC1(C(=O)NCCCN(C)C(C)C)CCNCC1. The smallest absolute Gasteiger partial charge is 0.228 e. The lowest BCUT2D eigenvalue weighted by Gasteiger charge is -2.35. The van der Waals surface area contributed by atoms with E-state index in [1.807, 2.05) is 0 Å². The second-order valence-corrected chi connectivity index (χ2v) is 6.15. The van der Waals surface area contributed by atoms with Crippen molar-refractivity contribution in [3.63, 3.8) is 0 Å². The van der Waals surface area contributed by atoms with Crippen LogP contribution in [-0.4, -0.2) is 63.8 Å². The van der Waals surface area contributed by atoms with E-state index in [0.717, 1.165) is 45.4 Å². The molecule has 0 unspecified atom stereocenters. The maximum atomic E-state index is 12.5. The van der Waals surface area contributed by atoms with Crippen LogP contribution in [0.2, 0.25) is 0 Å². The molecule has 0 aliphatic carbocycles. The summed E-state index contributed by atoms with van der Waals surface area (Å²) in [7, 11) is 3.79. The van der Waals surface area contributed by atoms with Crippen LogP contribution < -0.4 is 10.6 Å². The van der Waals surface area contributed by atoms with Crippen molar-refractivity contribution in [2.45, 2.75) is 39.2 Å². The van der Waals surface area contributed by atoms with Crippen molar-refractivity contribution < 1.29 is 9.53 Å². The van der Waals surface area contributed by atoms with Crippen molar-refractivity contribution >= 4 is 5.91 Å². The van der Waals surface area contributed by atoms with Crippen LogP contribution in [0.15, 0.2) is 0 Å². The van der Waals surface area contributed by atoms with Crippen LogP contribution in [0.25, 0.3) is 0 Å². The number of rotatable bonds is 8. The summed E-state index contributed by atoms with van der Waals surface area (Å²) in [5, 5.41) is 6.40. The number of ether oxygens (including phenoxy) is 1. The summed E-state index contributed by atoms with van der Waals surface area (Å²) in [6.45, 7) is 8.43. The third-order valence-corrected chi connectivity index (χ3v) is 4.32. The van der Waals surface area contributed by atoms with Crippen molar-refractivity contribution in [3.8, 4) is 0 Å². The van der Waals surface area contributed by atoms with Gasteiger partial charge in [0, 0.05) is 19.7 Å². The van der Waals surface area contributed by atoms with E-state index in [-0.39, 0.29) is 11.3 Å². The lowest BCUT2D eigenvalue weighted by atomic mass is 9.78. The molecular weight excluding hydrogens is 254 g/mol. The number of nitrogens with one attached hydrogen (secondary N) is 2. The molecule has 0 saturated carbocycles. The van der Waals surface area contributed by atoms with Gasteiger partial charge in [-0.25, -0.2) is 0 Å². The van der Waals surface area contributed by atoms with Gasteiger partial charge in [-0.3, -0.25) is 4.79 Å². The molecule has 2 N–H and O–H groups in total. The zero-order valence-electron chi connectivity index (χ0n) is 13.5.